The molecule has 1 heterocycles. The maximum absolute atomic E-state index is 13.2. The smallest absolute Gasteiger partial charge is 0.315 e. The van der Waals surface area contributed by atoms with Gasteiger partial charge in [-0.3, -0.25) is 0 Å². The minimum atomic E-state index is -0.268. The minimum absolute atomic E-state index is 0.104. The van der Waals surface area contributed by atoms with Crippen LogP contribution < -0.4 is 15.5 Å². The number of carbonyl (C=O) groups excluding carboxylic acids is 1. The maximum atomic E-state index is 13.2. The Morgan fingerprint density at radius 1 is 1.25 bits per heavy atom. The summed E-state index contributed by atoms with van der Waals surface area (Å²) in [4.78, 5) is 18.3. The van der Waals surface area contributed by atoms with E-state index in [4.69, 9.17) is 0 Å². The van der Waals surface area contributed by atoms with Crippen molar-refractivity contribution in [2.75, 3.05) is 19.0 Å². The third kappa shape index (κ3) is 5.53. The molecule has 1 aromatic carbocycles. The molecule has 0 radical (unpaired) electrons. The molecule has 6 heteroatoms. The number of benzene rings is 1. The van der Waals surface area contributed by atoms with Crippen LogP contribution in [-0.2, 0) is 13.0 Å². The van der Waals surface area contributed by atoms with Gasteiger partial charge in [0.05, 0.1) is 12.2 Å². The Labute approximate surface area is 141 Å². The van der Waals surface area contributed by atoms with Crippen LogP contribution in [0.3, 0.4) is 0 Å². The van der Waals surface area contributed by atoms with E-state index in [1.807, 2.05) is 50.2 Å². The van der Waals surface area contributed by atoms with E-state index >= 15 is 0 Å². The molecule has 2 amide bonds. The average molecular weight is 330 g/mol. The highest BCUT2D eigenvalue weighted by Crippen LogP contribution is 2.08. The highest BCUT2D eigenvalue weighted by Gasteiger charge is 2.09. The molecular formula is C18H23FN4O. The number of hydrogen-bond acceptors (Lipinski definition) is 3. The minimum Gasteiger partial charge on any atom is -0.363 e. The second-order valence-electron chi connectivity index (χ2n) is 5.94. The van der Waals surface area contributed by atoms with Crippen molar-refractivity contribution in [2.45, 2.75) is 25.9 Å². The van der Waals surface area contributed by atoms with E-state index in [2.05, 4.69) is 15.6 Å². The molecule has 0 saturated heterocycles. The monoisotopic (exact) mass is 330 g/mol. The molecule has 128 valence electrons. The van der Waals surface area contributed by atoms with Gasteiger partial charge in [0.1, 0.15) is 11.6 Å². The van der Waals surface area contributed by atoms with Crippen molar-refractivity contribution in [3.8, 4) is 0 Å². The molecule has 0 bridgehead atoms. The number of rotatable bonds is 6. The van der Waals surface area contributed by atoms with Gasteiger partial charge in [0.2, 0.25) is 0 Å². The third-order valence-electron chi connectivity index (χ3n) is 3.49. The fourth-order valence-electron chi connectivity index (χ4n) is 2.33. The Hall–Kier alpha value is -2.63. The van der Waals surface area contributed by atoms with Gasteiger partial charge in [0, 0.05) is 20.1 Å². The number of anilines is 1. The summed E-state index contributed by atoms with van der Waals surface area (Å²) in [6.45, 7) is 2.23. The van der Waals surface area contributed by atoms with Gasteiger partial charge in [-0.25, -0.2) is 14.2 Å². The Morgan fingerprint density at radius 2 is 2.00 bits per heavy atom. The summed E-state index contributed by atoms with van der Waals surface area (Å²) < 4.78 is 13.2. The lowest BCUT2D eigenvalue weighted by molar-refractivity contribution is 0.237. The molecule has 0 saturated carbocycles. The van der Waals surface area contributed by atoms with Gasteiger partial charge >= 0.3 is 6.03 Å². The molecule has 0 unspecified atom stereocenters. The molecule has 2 rings (SSSR count). The number of carbonyl (C=O) groups is 1. The Morgan fingerprint density at radius 3 is 2.71 bits per heavy atom. The summed E-state index contributed by atoms with van der Waals surface area (Å²) in [5.41, 5.74) is 1.64. The normalized spacial score (nSPS) is 11.7. The van der Waals surface area contributed by atoms with Crippen molar-refractivity contribution in [3.05, 3.63) is 59.5 Å². The molecule has 5 nitrogen and oxygen atoms in total. The van der Waals surface area contributed by atoms with Crippen LogP contribution in [0, 0.1) is 5.82 Å². The lowest BCUT2D eigenvalue weighted by atomic mass is 10.1. The van der Waals surface area contributed by atoms with E-state index < -0.39 is 0 Å². The topological polar surface area (TPSA) is 57.3 Å². The first-order valence-electron chi connectivity index (χ1n) is 7.86. The van der Waals surface area contributed by atoms with Crippen LogP contribution in [0.2, 0.25) is 0 Å². The SMILES string of the molecule is C[C@@H](Cc1cccc(F)c1)NC(=O)NCc1cccc(N(C)C)n1. The fraction of sp³-hybridized carbons (Fsp3) is 0.333. The molecule has 0 fully saturated rings. The average Bonchev–Trinajstić information content (AvgIpc) is 2.53. The van der Waals surface area contributed by atoms with Crippen LogP contribution in [0.4, 0.5) is 15.0 Å². The predicted molar refractivity (Wildman–Crippen MR) is 93.5 cm³/mol. The first kappa shape index (κ1) is 17.7. The molecular weight excluding hydrogens is 307 g/mol. The zero-order valence-electron chi connectivity index (χ0n) is 14.2. The Balaban J connectivity index is 1.81. The molecule has 24 heavy (non-hydrogen) atoms. The summed E-state index contributed by atoms with van der Waals surface area (Å²) >= 11 is 0. The van der Waals surface area contributed by atoms with Gasteiger partial charge in [-0.05, 0) is 43.2 Å². The van der Waals surface area contributed by atoms with Crippen LogP contribution in [0.5, 0.6) is 0 Å². The van der Waals surface area contributed by atoms with E-state index in [0.717, 1.165) is 17.1 Å². The summed E-state index contributed by atoms with van der Waals surface area (Å²) in [5.74, 6) is 0.574. The maximum Gasteiger partial charge on any atom is 0.315 e. The largest absolute Gasteiger partial charge is 0.363 e. The van der Waals surface area contributed by atoms with E-state index in [-0.39, 0.29) is 17.9 Å². The summed E-state index contributed by atoms with van der Waals surface area (Å²) in [6, 6.07) is 11.7. The third-order valence-corrected chi connectivity index (χ3v) is 3.49. The van der Waals surface area contributed by atoms with Gasteiger partial charge < -0.3 is 15.5 Å². The second kappa shape index (κ2) is 8.29. The molecule has 2 aromatic rings. The molecule has 0 aliphatic rings. The predicted octanol–water partition coefficient (Wildman–Crippen LogP) is 2.72. The fourth-order valence-corrected chi connectivity index (χ4v) is 2.33. The van der Waals surface area contributed by atoms with Gasteiger partial charge in [0.15, 0.2) is 0 Å². The highest BCUT2D eigenvalue weighted by molar-refractivity contribution is 5.74. The number of halogens is 1. The quantitative estimate of drug-likeness (QED) is 0.856. The zero-order valence-corrected chi connectivity index (χ0v) is 14.2. The van der Waals surface area contributed by atoms with Crippen LogP contribution in [0.25, 0.3) is 0 Å². The molecule has 0 spiro atoms. The van der Waals surface area contributed by atoms with Crippen LogP contribution in [0.15, 0.2) is 42.5 Å². The van der Waals surface area contributed by atoms with E-state index in [1.54, 1.807) is 6.07 Å². The van der Waals surface area contributed by atoms with Crippen molar-refractivity contribution in [3.63, 3.8) is 0 Å². The van der Waals surface area contributed by atoms with Gasteiger partial charge in [0.25, 0.3) is 0 Å². The first-order chi connectivity index (χ1) is 11.4. The number of hydrogen-bond donors (Lipinski definition) is 2. The number of nitrogens with one attached hydrogen (secondary N) is 2. The van der Waals surface area contributed by atoms with Crippen molar-refractivity contribution in [1.29, 1.82) is 0 Å². The van der Waals surface area contributed by atoms with Gasteiger partial charge in [-0.15, -0.1) is 0 Å². The molecule has 0 aliphatic heterocycles. The number of aromatic nitrogens is 1. The van der Waals surface area contributed by atoms with Crippen LogP contribution >= 0.6 is 0 Å². The number of urea groups is 1. The summed E-state index contributed by atoms with van der Waals surface area (Å²) in [5, 5.41) is 5.63. The first-order valence-corrected chi connectivity index (χ1v) is 7.86. The lowest BCUT2D eigenvalue weighted by Crippen LogP contribution is -2.41. The molecule has 2 N–H and O–H groups in total. The van der Waals surface area contributed by atoms with Gasteiger partial charge in [-0.1, -0.05) is 18.2 Å². The van der Waals surface area contributed by atoms with Crippen molar-refractivity contribution >= 4 is 11.8 Å². The van der Waals surface area contributed by atoms with Crippen molar-refractivity contribution < 1.29 is 9.18 Å². The van der Waals surface area contributed by atoms with Crippen LogP contribution in [-0.4, -0.2) is 31.2 Å². The van der Waals surface area contributed by atoms with E-state index in [9.17, 15) is 9.18 Å². The van der Waals surface area contributed by atoms with Crippen LogP contribution in [0.1, 0.15) is 18.2 Å². The second-order valence-corrected chi connectivity index (χ2v) is 5.94. The lowest BCUT2D eigenvalue weighted by Gasteiger charge is -2.15. The number of pyridine rings is 1. The highest BCUT2D eigenvalue weighted by atomic mass is 19.1. The molecule has 1 atom stereocenters. The van der Waals surface area contributed by atoms with Gasteiger partial charge in [-0.2, -0.15) is 0 Å². The van der Waals surface area contributed by atoms with E-state index in [1.165, 1.54) is 12.1 Å². The molecule has 1 aromatic heterocycles. The summed E-state index contributed by atoms with van der Waals surface area (Å²) in [6.07, 6.45) is 0.569. The molecule has 0 aliphatic carbocycles. The Bertz CT molecular complexity index is 690. The number of nitrogens with zero attached hydrogens (tertiary/aromatic N) is 2. The zero-order chi connectivity index (χ0) is 17.5. The summed E-state index contributed by atoms with van der Waals surface area (Å²) in [7, 11) is 3.83. The van der Waals surface area contributed by atoms with Crippen molar-refractivity contribution in [1.82, 2.24) is 15.6 Å². The standard InChI is InChI=1S/C18H23FN4O/c1-13(10-14-6-4-7-15(19)11-14)21-18(24)20-12-16-8-5-9-17(22-16)23(2)3/h4-9,11,13H,10,12H2,1-3H3,(H2,20,21,24)/t13-/m0/s1. The Kier molecular flexibility index (Phi) is 6.12. The van der Waals surface area contributed by atoms with E-state index in [0.29, 0.717) is 13.0 Å². The van der Waals surface area contributed by atoms with Crippen molar-refractivity contribution in [2.24, 2.45) is 0 Å². The number of amides is 2.